The molecule has 0 saturated carbocycles. The molecule has 0 aliphatic rings. The van der Waals surface area contributed by atoms with Gasteiger partial charge >= 0.3 is 0 Å². The van der Waals surface area contributed by atoms with Gasteiger partial charge in [0.05, 0.1) is 5.69 Å². The highest BCUT2D eigenvalue weighted by atomic mass is 16.3. The van der Waals surface area contributed by atoms with E-state index in [9.17, 15) is 0 Å². The largest absolute Gasteiger partial charge is 0.455 e. The Hall–Kier alpha value is -4.17. The van der Waals surface area contributed by atoms with E-state index in [1.165, 1.54) is 24.3 Å². The summed E-state index contributed by atoms with van der Waals surface area (Å²) in [4.78, 5) is 4.50. The molecule has 0 aliphatic carbocycles. The monoisotopic (exact) mass is 535 g/mol. The Morgan fingerprint density at radius 3 is 2.15 bits per heavy atom. The van der Waals surface area contributed by atoms with E-state index in [1.807, 2.05) is 18.2 Å². The van der Waals surface area contributed by atoms with Gasteiger partial charge in [-0.2, -0.15) is 0 Å². The van der Waals surface area contributed by atoms with Crippen molar-refractivity contribution in [2.75, 3.05) is 0 Å². The lowest BCUT2D eigenvalue weighted by molar-refractivity contribution is 0.590. The van der Waals surface area contributed by atoms with Crippen LogP contribution in [0.15, 0.2) is 83.4 Å². The third kappa shape index (κ3) is 4.42. The minimum absolute atomic E-state index is 0.00904. The molecule has 0 unspecified atom stereocenters. The summed E-state index contributed by atoms with van der Waals surface area (Å²) >= 11 is 0. The van der Waals surface area contributed by atoms with Crippen LogP contribution in [0, 0.1) is 34.3 Å². The number of hydrogen-bond acceptors (Lipinski definition) is 2. The third-order valence-corrected chi connectivity index (χ3v) is 7.49. The van der Waals surface area contributed by atoms with E-state index in [4.69, 9.17) is 20.9 Å². The smallest absolute Gasteiger partial charge is 0.144 e. The second-order valence-electron chi connectivity index (χ2n) is 11.3. The zero-order valence-corrected chi connectivity index (χ0v) is 22.9. The number of pyridine rings is 1. The van der Waals surface area contributed by atoms with E-state index in [0.717, 1.165) is 11.8 Å². The predicted molar refractivity (Wildman–Crippen MR) is 170 cm³/mol. The summed E-state index contributed by atoms with van der Waals surface area (Å²) < 4.78 is 106. The standard InChI is InChI=1S/C38H37NO/c1-22-16-25(4)36-30-11-9-10-29(37(30)40-35(36)17-22)34-20-33(26(5)21-39-34)32-19-23(2)31(18-24(32)3)27-12-14-28(15-13-27)38(6,7)8/h9-21H,1-8H3/i1D3,2D3,3D3,5D3. The van der Waals surface area contributed by atoms with Crippen LogP contribution in [0.1, 0.15) is 70.6 Å². The minimum atomic E-state index is -2.77. The molecule has 0 aliphatic heterocycles. The molecule has 40 heavy (non-hydrogen) atoms. The second kappa shape index (κ2) is 9.48. The van der Waals surface area contributed by atoms with Gasteiger partial charge in [-0.15, -0.1) is 0 Å². The fourth-order valence-electron chi connectivity index (χ4n) is 5.37. The molecule has 200 valence electrons. The number of aryl methyl sites for hydroxylation is 5. The summed E-state index contributed by atoms with van der Waals surface area (Å²) in [6.07, 6.45) is 1.16. The Morgan fingerprint density at radius 2 is 1.43 bits per heavy atom. The van der Waals surface area contributed by atoms with E-state index < -0.39 is 27.4 Å². The molecule has 6 rings (SSSR count). The molecule has 2 heteroatoms. The lowest BCUT2D eigenvalue weighted by Crippen LogP contribution is -2.10. The number of rotatable bonds is 3. The van der Waals surface area contributed by atoms with Crippen molar-refractivity contribution in [3.63, 3.8) is 0 Å². The Balaban J connectivity index is 1.64. The summed E-state index contributed by atoms with van der Waals surface area (Å²) in [6, 6.07) is 19.8. The number of aromatic nitrogens is 1. The number of hydrogen-bond donors (Lipinski definition) is 0. The molecule has 4 aromatic carbocycles. The zero-order chi connectivity index (χ0) is 38.3. The lowest BCUT2D eigenvalue weighted by Gasteiger charge is -2.20. The first-order valence-electron chi connectivity index (χ1n) is 19.1. The van der Waals surface area contributed by atoms with Crippen LogP contribution in [0.2, 0.25) is 0 Å². The van der Waals surface area contributed by atoms with Crippen molar-refractivity contribution in [2.24, 2.45) is 0 Å². The summed E-state index contributed by atoms with van der Waals surface area (Å²) in [6.45, 7) is -2.62. The van der Waals surface area contributed by atoms with E-state index >= 15 is 0 Å². The molecule has 0 fully saturated rings. The van der Waals surface area contributed by atoms with Gasteiger partial charge in [0.15, 0.2) is 0 Å². The normalized spacial score (nSPS) is 17.7. The van der Waals surface area contributed by atoms with Gasteiger partial charge in [0, 0.05) is 39.0 Å². The van der Waals surface area contributed by atoms with E-state index in [2.05, 4.69) is 25.8 Å². The third-order valence-electron chi connectivity index (χ3n) is 7.49. The average molecular weight is 536 g/mol. The number of fused-ring (bicyclic) bond motifs is 3. The number of benzene rings is 4. The second-order valence-corrected chi connectivity index (χ2v) is 11.3. The van der Waals surface area contributed by atoms with Gasteiger partial charge in [-0.05, 0) is 114 Å². The van der Waals surface area contributed by atoms with Crippen LogP contribution < -0.4 is 0 Å². The van der Waals surface area contributed by atoms with Gasteiger partial charge in [0.1, 0.15) is 11.2 Å². The number of nitrogens with zero attached hydrogens (tertiary/aromatic N) is 1. The van der Waals surface area contributed by atoms with Crippen molar-refractivity contribution in [3.8, 4) is 33.5 Å². The summed E-state index contributed by atoms with van der Waals surface area (Å²) in [5, 5.41) is 1.39. The van der Waals surface area contributed by atoms with Crippen LogP contribution in [0.5, 0.6) is 0 Å². The van der Waals surface area contributed by atoms with Gasteiger partial charge in [-0.1, -0.05) is 75.4 Å². The Kier molecular flexibility index (Phi) is 3.69. The Morgan fingerprint density at radius 1 is 0.700 bits per heavy atom. The molecular formula is C38H37NO. The first kappa shape index (κ1) is 15.6. The van der Waals surface area contributed by atoms with E-state index in [0.29, 0.717) is 38.6 Å². The van der Waals surface area contributed by atoms with Crippen LogP contribution in [0.25, 0.3) is 55.4 Å². The molecule has 0 atom stereocenters. The zero-order valence-electron chi connectivity index (χ0n) is 34.9. The molecule has 2 nitrogen and oxygen atoms in total. The number of para-hydroxylation sites is 1. The van der Waals surface area contributed by atoms with Crippen LogP contribution in [0.4, 0.5) is 0 Å². The van der Waals surface area contributed by atoms with Crippen LogP contribution in [-0.4, -0.2) is 4.98 Å². The lowest BCUT2D eigenvalue weighted by atomic mass is 9.85. The number of furan rings is 1. The average Bonchev–Trinajstić information content (AvgIpc) is 3.41. The van der Waals surface area contributed by atoms with Crippen molar-refractivity contribution in [1.29, 1.82) is 0 Å². The maximum absolute atomic E-state index is 8.54. The molecule has 0 radical (unpaired) electrons. The molecular weight excluding hydrogens is 486 g/mol. The SMILES string of the molecule is [2H]C([2H])([2H])c1cc(C)c2c(c1)oc1c(-c3cc(-c4cc(C([2H])([2H])[2H])c(-c5ccc(C(C)(C)C)cc5)cc4C([2H])([2H])[2H])c(C([2H])([2H])[2H])cn3)cccc12. The molecule has 0 spiro atoms. The minimum Gasteiger partial charge on any atom is -0.455 e. The van der Waals surface area contributed by atoms with E-state index in [1.54, 1.807) is 37.3 Å². The van der Waals surface area contributed by atoms with Gasteiger partial charge in [-0.25, -0.2) is 0 Å². The topological polar surface area (TPSA) is 26.0 Å². The first-order chi connectivity index (χ1) is 23.9. The molecule has 0 amide bonds. The first-order valence-corrected chi connectivity index (χ1v) is 13.1. The van der Waals surface area contributed by atoms with Gasteiger partial charge in [-0.3, -0.25) is 4.98 Å². The Bertz CT molecular complexity index is 2330. The molecule has 0 bridgehead atoms. The summed E-state index contributed by atoms with van der Waals surface area (Å²) in [5.74, 6) is 0. The van der Waals surface area contributed by atoms with Crippen LogP contribution in [0.3, 0.4) is 0 Å². The predicted octanol–water partition coefficient (Wildman–Crippen LogP) is 10.8. The van der Waals surface area contributed by atoms with Gasteiger partial charge in [0.2, 0.25) is 0 Å². The fourth-order valence-corrected chi connectivity index (χ4v) is 5.37. The van der Waals surface area contributed by atoms with Crippen molar-refractivity contribution < 1.29 is 20.9 Å². The van der Waals surface area contributed by atoms with Gasteiger partial charge in [0.25, 0.3) is 0 Å². The van der Waals surface area contributed by atoms with E-state index in [-0.39, 0.29) is 50.1 Å². The molecule has 0 saturated heterocycles. The molecule has 2 aromatic heterocycles. The van der Waals surface area contributed by atoms with Crippen LogP contribution in [-0.2, 0) is 5.41 Å². The fraction of sp³-hybridized carbons (Fsp3) is 0.237. The van der Waals surface area contributed by atoms with Crippen molar-refractivity contribution in [3.05, 3.63) is 112 Å². The maximum atomic E-state index is 8.54. The molecule has 0 N–H and O–H groups in total. The quantitative estimate of drug-likeness (QED) is 0.225. The summed E-state index contributed by atoms with van der Waals surface area (Å²) in [5.41, 5.74) is 3.12. The maximum Gasteiger partial charge on any atom is 0.144 e. The highest BCUT2D eigenvalue weighted by Crippen LogP contribution is 2.39. The summed E-state index contributed by atoms with van der Waals surface area (Å²) in [7, 11) is 0. The highest BCUT2D eigenvalue weighted by molar-refractivity contribution is 6.11. The van der Waals surface area contributed by atoms with Crippen molar-refractivity contribution in [2.45, 2.75) is 60.5 Å². The molecule has 6 aromatic rings. The highest BCUT2D eigenvalue weighted by Gasteiger charge is 2.18. The van der Waals surface area contributed by atoms with Crippen molar-refractivity contribution >= 4 is 21.9 Å². The van der Waals surface area contributed by atoms with Gasteiger partial charge < -0.3 is 4.42 Å². The van der Waals surface area contributed by atoms with Crippen LogP contribution >= 0.6 is 0 Å². The van der Waals surface area contributed by atoms with Crippen molar-refractivity contribution in [1.82, 2.24) is 4.98 Å². The molecule has 2 heterocycles. The Labute approximate surface area is 254 Å².